The second-order valence-corrected chi connectivity index (χ2v) is 8.11. The van der Waals surface area contributed by atoms with Crippen LogP contribution in [0.15, 0.2) is 71.8 Å². The van der Waals surface area contributed by atoms with Gasteiger partial charge >= 0.3 is 0 Å². The van der Waals surface area contributed by atoms with Gasteiger partial charge in [0, 0.05) is 11.1 Å². The van der Waals surface area contributed by atoms with Crippen molar-refractivity contribution in [3.05, 3.63) is 78.1 Å². The van der Waals surface area contributed by atoms with Crippen molar-refractivity contribution < 1.29 is 19.0 Å². The molecule has 1 N–H and O–H groups in total. The maximum absolute atomic E-state index is 12.5. The summed E-state index contributed by atoms with van der Waals surface area (Å²) in [5.41, 5.74) is 1.85. The van der Waals surface area contributed by atoms with Crippen molar-refractivity contribution in [3.63, 3.8) is 0 Å². The van der Waals surface area contributed by atoms with Crippen LogP contribution in [0.3, 0.4) is 0 Å². The predicted molar refractivity (Wildman–Crippen MR) is 120 cm³/mol. The minimum absolute atomic E-state index is 0.0350. The largest absolute Gasteiger partial charge is 0.487 e. The molecule has 0 aliphatic carbocycles. The summed E-state index contributed by atoms with van der Waals surface area (Å²) < 4.78 is 17.0. The van der Waals surface area contributed by atoms with Crippen LogP contribution in [0.25, 0.3) is 0 Å². The van der Waals surface area contributed by atoms with E-state index in [4.69, 9.17) is 14.2 Å². The topological polar surface area (TPSA) is 69.7 Å². The zero-order chi connectivity index (χ0) is 21.5. The van der Waals surface area contributed by atoms with Crippen molar-refractivity contribution in [2.24, 2.45) is 0 Å². The number of carbonyl (C=O) groups excluding carboxylic acids is 1. The molecule has 0 radical (unpaired) electrons. The highest BCUT2D eigenvalue weighted by Crippen LogP contribution is 2.34. The number of hydrogen-bond donors (Lipinski definition) is 1. The summed E-state index contributed by atoms with van der Waals surface area (Å²) in [6.07, 6.45) is 1.75. The molecule has 0 spiro atoms. The number of fused-ring (bicyclic) bond motifs is 1. The van der Waals surface area contributed by atoms with Crippen molar-refractivity contribution in [1.82, 2.24) is 10.3 Å². The minimum Gasteiger partial charge on any atom is -0.487 e. The number of pyridine rings is 1. The molecule has 1 aliphatic heterocycles. The van der Waals surface area contributed by atoms with E-state index in [0.29, 0.717) is 25.6 Å². The first-order chi connectivity index (χ1) is 15.2. The Morgan fingerprint density at radius 3 is 2.81 bits per heavy atom. The molecule has 1 atom stereocenters. The SMILES string of the molecule is CC(NC(=O)CSc1ccc2c(c1)OCCO2)c1cccc(OCc2ccccn2)c1. The highest BCUT2D eigenvalue weighted by Gasteiger charge is 2.14. The Morgan fingerprint density at radius 2 is 1.97 bits per heavy atom. The van der Waals surface area contributed by atoms with Gasteiger partial charge in [0.25, 0.3) is 0 Å². The van der Waals surface area contributed by atoms with Gasteiger partial charge in [0.15, 0.2) is 11.5 Å². The lowest BCUT2D eigenvalue weighted by Gasteiger charge is -2.19. The van der Waals surface area contributed by atoms with E-state index in [1.54, 1.807) is 6.20 Å². The summed E-state index contributed by atoms with van der Waals surface area (Å²) in [6.45, 7) is 3.47. The molecule has 2 heterocycles. The lowest BCUT2D eigenvalue weighted by Crippen LogP contribution is -2.28. The van der Waals surface area contributed by atoms with Crippen molar-refractivity contribution >= 4 is 17.7 Å². The molecule has 0 saturated carbocycles. The Labute approximate surface area is 185 Å². The Kier molecular flexibility index (Phi) is 6.94. The summed E-state index contributed by atoms with van der Waals surface area (Å²) in [5.74, 6) is 2.51. The van der Waals surface area contributed by atoms with Gasteiger partial charge < -0.3 is 19.5 Å². The van der Waals surface area contributed by atoms with Gasteiger partial charge in [0.2, 0.25) is 5.91 Å². The number of aromatic nitrogens is 1. The van der Waals surface area contributed by atoms with Gasteiger partial charge in [-0.15, -0.1) is 11.8 Å². The van der Waals surface area contributed by atoms with E-state index >= 15 is 0 Å². The molecule has 1 amide bonds. The Morgan fingerprint density at radius 1 is 1.10 bits per heavy atom. The molecule has 1 unspecified atom stereocenters. The van der Waals surface area contributed by atoms with E-state index in [9.17, 15) is 4.79 Å². The summed E-state index contributed by atoms with van der Waals surface area (Å²) in [6, 6.07) is 19.1. The van der Waals surface area contributed by atoms with Crippen molar-refractivity contribution in [2.75, 3.05) is 19.0 Å². The van der Waals surface area contributed by atoms with Gasteiger partial charge in [0.1, 0.15) is 25.6 Å². The lowest BCUT2D eigenvalue weighted by molar-refractivity contribution is -0.119. The first kappa shape index (κ1) is 21.1. The summed E-state index contributed by atoms with van der Waals surface area (Å²) in [4.78, 5) is 17.7. The Balaban J connectivity index is 1.28. The molecule has 7 heteroatoms. The third kappa shape index (κ3) is 5.92. The van der Waals surface area contributed by atoms with Crippen LogP contribution in [0.5, 0.6) is 17.2 Å². The van der Waals surface area contributed by atoms with Crippen LogP contribution in [0.1, 0.15) is 24.2 Å². The molecule has 0 bridgehead atoms. The molecule has 160 valence electrons. The van der Waals surface area contributed by atoms with Gasteiger partial charge in [-0.25, -0.2) is 0 Å². The molecule has 2 aromatic carbocycles. The number of amides is 1. The van der Waals surface area contributed by atoms with Crippen molar-refractivity contribution in [1.29, 1.82) is 0 Å². The molecule has 31 heavy (non-hydrogen) atoms. The average molecular weight is 437 g/mol. The molecule has 1 aliphatic rings. The monoisotopic (exact) mass is 436 g/mol. The standard InChI is InChI=1S/C24H24N2O4S/c1-17(18-5-4-7-20(13-18)30-15-19-6-2-3-10-25-19)26-24(27)16-31-21-8-9-22-23(14-21)29-12-11-28-22/h2-10,13-14,17H,11-12,15-16H2,1H3,(H,26,27). The Bertz CT molecular complexity index is 1030. The fourth-order valence-electron chi connectivity index (χ4n) is 3.14. The molecular formula is C24H24N2O4S. The number of benzene rings is 2. The van der Waals surface area contributed by atoms with Crippen LogP contribution in [0.4, 0.5) is 0 Å². The fourth-order valence-corrected chi connectivity index (χ4v) is 3.88. The third-order valence-electron chi connectivity index (χ3n) is 4.73. The first-order valence-corrected chi connectivity index (χ1v) is 11.1. The Hall–Kier alpha value is -3.19. The van der Waals surface area contributed by atoms with Gasteiger partial charge in [-0.2, -0.15) is 0 Å². The van der Waals surface area contributed by atoms with Gasteiger partial charge in [-0.1, -0.05) is 18.2 Å². The molecule has 0 saturated heterocycles. The summed E-state index contributed by atoms with van der Waals surface area (Å²) in [5, 5.41) is 3.05. The van der Waals surface area contributed by atoms with Crippen LogP contribution in [0.2, 0.25) is 0 Å². The van der Waals surface area contributed by atoms with E-state index in [0.717, 1.165) is 33.4 Å². The fraction of sp³-hybridized carbons (Fsp3) is 0.250. The lowest BCUT2D eigenvalue weighted by atomic mass is 10.1. The van der Waals surface area contributed by atoms with Crippen LogP contribution in [-0.4, -0.2) is 29.9 Å². The number of ether oxygens (including phenoxy) is 3. The van der Waals surface area contributed by atoms with Crippen LogP contribution < -0.4 is 19.5 Å². The molecule has 4 rings (SSSR count). The van der Waals surface area contributed by atoms with Crippen molar-refractivity contribution in [3.8, 4) is 17.2 Å². The highest BCUT2D eigenvalue weighted by atomic mass is 32.2. The maximum Gasteiger partial charge on any atom is 0.230 e. The summed E-state index contributed by atoms with van der Waals surface area (Å²) in [7, 11) is 0. The van der Waals surface area contributed by atoms with E-state index < -0.39 is 0 Å². The minimum atomic E-state index is -0.133. The second-order valence-electron chi connectivity index (χ2n) is 7.07. The first-order valence-electron chi connectivity index (χ1n) is 10.1. The van der Waals surface area contributed by atoms with Crippen LogP contribution >= 0.6 is 11.8 Å². The molecule has 6 nitrogen and oxygen atoms in total. The number of nitrogens with one attached hydrogen (secondary N) is 1. The normalized spacial score (nSPS) is 13.3. The van der Waals surface area contributed by atoms with E-state index in [1.165, 1.54) is 11.8 Å². The smallest absolute Gasteiger partial charge is 0.230 e. The van der Waals surface area contributed by atoms with E-state index in [-0.39, 0.29) is 11.9 Å². The second kappa shape index (κ2) is 10.2. The molecule has 3 aromatic rings. The van der Waals surface area contributed by atoms with E-state index in [1.807, 2.05) is 67.6 Å². The number of carbonyl (C=O) groups is 1. The molecule has 1 aromatic heterocycles. The zero-order valence-corrected chi connectivity index (χ0v) is 18.1. The number of rotatable bonds is 8. The highest BCUT2D eigenvalue weighted by molar-refractivity contribution is 8.00. The molecular weight excluding hydrogens is 412 g/mol. The van der Waals surface area contributed by atoms with Gasteiger partial charge in [0.05, 0.1) is 17.5 Å². The summed E-state index contributed by atoms with van der Waals surface area (Å²) >= 11 is 1.47. The number of nitrogens with zero attached hydrogens (tertiary/aromatic N) is 1. The van der Waals surface area contributed by atoms with Crippen molar-refractivity contribution in [2.45, 2.75) is 24.5 Å². The van der Waals surface area contributed by atoms with Gasteiger partial charge in [-0.05, 0) is 55.0 Å². The zero-order valence-electron chi connectivity index (χ0n) is 17.2. The average Bonchev–Trinajstić information content (AvgIpc) is 2.82. The number of thioether (sulfide) groups is 1. The van der Waals surface area contributed by atoms with Gasteiger partial charge in [-0.3, -0.25) is 9.78 Å². The van der Waals surface area contributed by atoms with Crippen LogP contribution in [-0.2, 0) is 11.4 Å². The predicted octanol–water partition coefficient (Wildman–Crippen LogP) is 4.40. The quantitative estimate of drug-likeness (QED) is 0.528. The third-order valence-corrected chi connectivity index (χ3v) is 5.73. The number of hydrogen-bond acceptors (Lipinski definition) is 6. The van der Waals surface area contributed by atoms with Crippen LogP contribution in [0, 0.1) is 0 Å². The molecule has 0 fully saturated rings. The maximum atomic E-state index is 12.5. The van der Waals surface area contributed by atoms with E-state index in [2.05, 4.69) is 10.3 Å².